The minimum absolute atomic E-state index is 0.178. The topological polar surface area (TPSA) is 83.4 Å². The quantitative estimate of drug-likeness (QED) is 0.766. The molecule has 23 heavy (non-hydrogen) atoms. The Bertz CT molecular complexity index is 648. The molecule has 2 amide bonds. The molecule has 6 nitrogen and oxygen atoms in total. The number of nitrogens with zero attached hydrogens (tertiary/aromatic N) is 1. The maximum absolute atomic E-state index is 11.9. The van der Waals surface area contributed by atoms with Crippen molar-refractivity contribution < 1.29 is 14.7 Å². The van der Waals surface area contributed by atoms with Crippen molar-refractivity contribution in [3.63, 3.8) is 0 Å². The second kappa shape index (κ2) is 7.49. The zero-order valence-electron chi connectivity index (χ0n) is 13.2. The summed E-state index contributed by atoms with van der Waals surface area (Å²) in [6, 6.07) is 9.73. The summed E-state index contributed by atoms with van der Waals surface area (Å²) in [5, 5.41) is 14.3. The van der Waals surface area contributed by atoms with E-state index in [1.807, 2.05) is 55.1 Å². The average molecular weight is 315 g/mol. The molecule has 6 heteroatoms. The summed E-state index contributed by atoms with van der Waals surface area (Å²) in [5.41, 5.74) is 1.58. The lowest BCUT2D eigenvalue weighted by Crippen LogP contribution is -2.43. The lowest BCUT2D eigenvalue weighted by Gasteiger charge is -2.17. The minimum atomic E-state index is -1.03. The number of carboxylic acids is 1. The van der Waals surface area contributed by atoms with Gasteiger partial charge in [-0.1, -0.05) is 13.8 Å². The number of aliphatic carboxylic acids is 1. The predicted molar refractivity (Wildman–Crippen MR) is 88.8 cm³/mol. The number of benzene rings is 1. The van der Waals surface area contributed by atoms with Crippen LogP contribution >= 0.6 is 0 Å². The van der Waals surface area contributed by atoms with Gasteiger partial charge in [0, 0.05) is 23.8 Å². The van der Waals surface area contributed by atoms with Crippen LogP contribution in [0.3, 0.4) is 0 Å². The van der Waals surface area contributed by atoms with Gasteiger partial charge in [-0.05, 0) is 48.7 Å². The minimum Gasteiger partial charge on any atom is -0.480 e. The van der Waals surface area contributed by atoms with Gasteiger partial charge < -0.3 is 20.3 Å². The van der Waals surface area contributed by atoms with Gasteiger partial charge >= 0.3 is 12.0 Å². The maximum atomic E-state index is 11.9. The molecule has 1 aromatic carbocycles. The standard InChI is InChI=1S/C17H21N3O3/c1-12(2)11-15(16(21)22)19-17(23)18-13-5-7-14(8-6-13)20-9-3-4-10-20/h3-10,12,15H,11H2,1-2H3,(H,21,22)(H2,18,19,23). The van der Waals surface area contributed by atoms with Crippen molar-refractivity contribution in [2.75, 3.05) is 5.32 Å². The highest BCUT2D eigenvalue weighted by Crippen LogP contribution is 2.13. The predicted octanol–water partition coefficient (Wildman–Crippen LogP) is 3.10. The van der Waals surface area contributed by atoms with Gasteiger partial charge in [-0.15, -0.1) is 0 Å². The Labute approximate surface area is 135 Å². The summed E-state index contributed by atoms with van der Waals surface area (Å²) in [4.78, 5) is 23.1. The number of urea groups is 1. The summed E-state index contributed by atoms with van der Waals surface area (Å²) in [6.07, 6.45) is 4.24. The number of hydrogen-bond donors (Lipinski definition) is 3. The van der Waals surface area contributed by atoms with E-state index in [0.717, 1.165) is 5.69 Å². The Balaban J connectivity index is 1.95. The van der Waals surface area contributed by atoms with Gasteiger partial charge in [-0.25, -0.2) is 9.59 Å². The number of hydrogen-bond acceptors (Lipinski definition) is 2. The molecule has 3 N–H and O–H groups in total. The lowest BCUT2D eigenvalue weighted by atomic mass is 10.0. The van der Waals surface area contributed by atoms with E-state index in [1.165, 1.54) is 0 Å². The maximum Gasteiger partial charge on any atom is 0.326 e. The SMILES string of the molecule is CC(C)CC(NC(=O)Nc1ccc(-n2cccc2)cc1)C(=O)O. The summed E-state index contributed by atoms with van der Waals surface area (Å²) < 4.78 is 1.95. The van der Waals surface area contributed by atoms with Crippen LogP contribution in [-0.2, 0) is 4.79 Å². The zero-order valence-corrected chi connectivity index (χ0v) is 13.2. The van der Waals surface area contributed by atoms with Crippen LogP contribution in [0.15, 0.2) is 48.8 Å². The molecule has 1 aromatic heterocycles. The van der Waals surface area contributed by atoms with Crippen molar-refractivity contribution in [2.24, 2.45) is 5.92 Å². The van der Waals surface area contributed by atoms with E-state index >= 15 is 0 Å². The Morgan fingerprint density at radius 3 is 2.26 bits per heavy atom. The van der Waals surface area contributed by atoms with Gasteiger partial charge in [-0.2, -0.15) is 0 Å². The van der Waals surface area contributed by atoms with Crippen LogP contribution < -0.4 is 10.6 Å². The van der Waals surface area contributed by atoms with Gasteiger partial charge in [0.1, 0.15) is 6.04 Å². The van der Waals surface area contributed by atoms with E-state index in [0.29, 0.717) is 12.1 Å². The first-order valence-corrected chi connectivity index (χ1v) is 7.49. The van der Waals surface area contributed by atoms with Crippen LogP contribution in [0.1, 0.15) is 20.3 Å². The van der Waals surface area contributed by atoms with Gasteiger partial charge in [0.05, 0.1) is 0 Å². The van der Waals surface area contributed by atoms with Gasteiger partial charge in [0.25, 0.3) is 0 Å². The van der Waals surface area contributed by atoms with E-state index in [4.69, 9.17) is 5.11 Å². The fourth-order valence-corrected chi connectivity index (χ4v) is 2.24. The first kappa shape index (κ1) is 16.6. The third-order valence-electron chi connectivity index (χ3n) is 3.34. The van der Waals surface area contributed by atoms with Crippen LogP contribution in [0.4, 0.5) is 10.5 Å². The van der Waals surface area contributed by atoms with E-state index in [1.54, 1.807) is 12.1 Å². The average Bonchev–Trinajstić information content (AvgIpc) is 3.01. The molecule has 0 bridgehead atoms. The van der Waals surface area contributed by atoms with Crippen LogP contribution in [0.2, 0.25) is 0 Å². The molecule has 122 valence electrons. The van der Waals surface area contributed by atoms with E-state index in [-0.39, 0.29) is 5.92 Å². The molecule has 0 fully saturated rings. The molecule has 0 radical (unpaired) electrons. The number of aromatic nitrogens is 1. The molecule has 0 saturated carbocycles. The Kier molecular flexibility index (Phi) is 5.41. The van der Waals surface area contributed by atoms with Crippen molar-refractivity contribution in [3.8, 4) is 5.69 Å². The van der Waals surface area contributed by atoms with E-state index in [9.17, 15) is 9.59 Å². The number of anilines is 1. The number of amides is 2. The number of carboxylic acid groups (broad SMARTS) is 1. The molecule has 1 unspecified atom stereocenters. The third kappa shape index (κ3) is 4.88. The molecular formula is C17H21N3O3. The van der Waals surface area contributed by atoms with Crippen LogP contribution in [0.5, 0.6) is 0 Å². The number of rotatable bonds is 6. The first-order valence-electron chi connectivity index (χ1n) is 7.49. The van der Waals surface area contributed by atoms with Crippen LogP contribution in [0.25, 0.3) is 5.69 Å². The van der Waals surface area contributed by atoms with E-state index < -0.39 is 18.0 Å². The molecule has 2 aromatic rings. The second-order valence-electron chi connectivity index (χ2n) is 5.76. The van der Waals surface area contributed by atoms with Crippen molar-refractivity contribution >= 4 is 17.7 Å². The highest BCUT2D eigenvalue weighted by molar-refractivity contribution is 5.92. The lowest BCUT2D eigenvalue weighted by molar-refractivity contribution is -0.139. The summed E-state index contributed by atoms with van der Waals surface area (Å²) >= 11 is 0. The van der Waals surface area contributed by atoms with Crippen molar-refractivity contribution in [2.45, 2.75) is 26.3 Å². The van der Waals surface area contributed by atoms with Gasteiger partial charge in [0.2, 0.25) is 0 Å². The molecule has 0 saturated heterocycles. The molecule has 0 spiro atoms. The monoisotopic (exact) mass is 315 g/mol. The molecular weight excluding hydrogens is 294 g/mol. The molecule has 0 aliphatic rings. The van der Waals surface area contributed by atoms with E-state index in [2.05, 4.69) is 10.6 Å². The summed E-state index contributed by atoms with van der Waals surface area (Å²) in [7, 11) is 0. The van der Waals surface area contributed by atoms with Crippen molar-refractivity contribution in [1.29, 1.82) is 0 Å². The zero-order chi connectivity index (χ0) is 16.8. The molecule has 2 rings (SSSR count). The van der Waals surface area contributed by atoms with Crippen molar-refractivity contribution in [1.82, 2.24) is 9.88 Å². The fraction of sp³-hybridized carbons (Fsp3) is 0.294. The normalized spacial score (nSPS) is 12.0. The van der Waals surface area contributed by atoms with Gasteiger partial charge in [-0.3, -0.25) is 0 Å². The molecule has 0 aliphatic carbocycles. The smallest absolute Gasteiger partial charge is 0.326 e. The highest BCUT2D eigenvalue weighted by Gasteiger charge is 2.20. The highest BCUT2D eigenvalue weighted by atomic mass is 16.4. The largest absolute Gasteiger partial charge is 0.480 e. The molecule has 0 aliphatic heterocycles. The number of carbonyl (C=O) groups excluding carboxylic acids is 1. The molecule has 1 atom stereocenters. The Morgan fingerprint density at radius 2 is 1.74 bits per heavy atom. The third-order valence-corrected chi connectivity index (χ3v) is 3.34. The first-order chi connectivity index (χ1) is 11.0. The van der Waals surface area contributed by atoms with Crippen LogP contribution in [-0.4, -0.2) is 27.7 Å². The summed E-state index contributed by atoms with van der Waals surface area (Å²) in [6.45, 7) is 3.82. The second-order valence-corrected chi connectivity index (χ2v) is 5.76. The molecule has 1 heterocycles. The number of nitrogens with one attached hydrogen (secondary N) is 2. The van der Waals surface area contributed by atoms with Crippen LogP contribution in [0, 0.1) is 5.92 Å². The van der Waals surface area contributed by atoms with Crippen molar-refractivity contribution in [3.05, 3.63) is 48.8 Å². The summed E-state index contributed by atoms with van der Waals surface area (Å²) in [5.74, 6) is -0.853. The Hall–Kier alpha value is -2.76. The van der Waals surface area contributed by atoms with Gasteiger partial charge in [0.15, 0.2) is 0 Å². The fourth-order valence-electron chi connectivity index (χ4n) is 2.24. The Morgan fingerprint density at radius 1 is 1.13 bits per heavy atom. The number of carbonyl (C=O) groups is 2.